The Balaban J connectivity index is 1.80. The lowest BCUT2D eigenvalue weighted by Gasteiger charge is -2.50. The van der Waals surface area contributed by atoms with Crippen LogP contribution in [-0.4, -0.2) is 34.5 Å². The van der Waals surface area contributed by atoms with Crippen molar-refractivity contribution in [3.63, 3.8) is 0 Å². The Labute approximate surface area is 128 Å². The van der Waals surface area contributed by atoms with E-state index in [-0.39, 0.29) is 0 Å². The number of rotatable bonds is 5. The van der Waals surface area contributed by atoms with E-state index in [0.29, 0.717) is 12.1 Å². The van der Waals surface area contributed by atoms with Gasteiger partial charge >= 0.3 is 0 Å². The first-order chi connectivity index (χ1) is 10.2. The lowest BCUT2D eigenvalue weighted by atomic mass is 9.81. The van der Waals surface area contributed by atoms with Crippen molar-refractivity contribution < 1.29 is 0 Å². The molecule has 1 aromatic rings. The molecule has 0 saturated carbocycles. The number of piperidine rings is 2. The number of aromatic nitrogens is 2. The van der Waals surface area contributed by atoms with Gasteiger partial charge in [-0.15, -0.1) is 0 Å². The smallest absolute Gasteiger partial charge is 0.0855 e. The monoisotopic (exact) mass is 290 g/mol. The Morgan fingerprint density at radius 3 is 2.57 bits per heavy atom. The van der Waals surface area contributed by atoms with Gasteiger partial charge in [-0.2, -0.15) is 5.10 Å². The van der Waals surface area contributed by atoms with Crippen LogP contribution in [0, 0.1) is 0 Å². The molecule has 0 amide bonds. The van der Waals surface area contributed by atoms with Gasteiger partial charge in [0.2, 0.25) is 0 Å². The van der Waals surface area contributed by atoms with Crippen LogP contribution in [0.1, 0.15) is 58.1 Å². The number of fused-ring (bicyclic) bond motifs is 2. The van der Waals surface area contributed by atoms with Crippen molar-refractivity contribution in [1.29, 1.82) is 0 Å². The largest absolute Gasteiger partial charge is 0.363 e. The van der Waals surface area contributed by atoms with Gasteiger partial charge in [-0.3, -0.25) is 4.68 Å². The molecule has 2 bridgehead atoms. The number of anilines is 1. The van der Waals surface area contributed by atoms with Crippen LogP contribution < -0.4 is 10.2 Å². The molecule has 2 atom stereocenters. The summed E-state index contributed by atoms with van der Waals surface area (Å²) in [6, 6.07) is 2.14. The highest BCUT2D eigenvalue weighted by atomic mass is 15.3. The first-order valence-electron chi connectivity index (χ1n) is 8.77. The summed E-state index contributed by atoms with van der Waals surface area (Å²) in [6.07, 6.45) is 11.2. The lowest BCUT2D eigenvalue weighted by Crippen LogP contribution is -2.56. The van der Waals surface area contributed by atoms with Crippen molar-refractivity contribution in [2.24, 2.45) is 7.05 Å². The molecule has 3 rings (SSSR count). The highest BCUT2D eigenvalue weighted by Crippen LogP contribution is 2.39. The standard InChI is InChI=1S/C17H30N4/c1-4-9-18-13-10-14-7-6-8-15(11-13)21(14)17-12-20(3)19-16(17)5-2/h12-15,18H,4-11H2,1-3H3. The summed E-state index contributed by atoms with van der Waals surface area (Å²) in [4.78, 5) is 2.72. The summed E-state index contributed by atoms with van der Waals surface area (Å²) in [7, 11) is 2.05. The summed E-state index contributed by atoms with van der Waals surface area (Å²) in [5.41, 5.74) is 2.68. The zero-order chi connectivity index (χ0) is 14.8. The first-order valence-corrected chi connectivity index (χ1v) is 8.77. The molecule has 0 aliphatic carbocycles. The molecule has 0 spiro atoms. The van der Waals surface area contributed by atoms with Gasteiger partial charge in [-0.05, 0) is 51.5 Å². The quantitative estimate of drug-likeness (QED) is 0.905. The van der Waals surface area contributed by atoms with Crippen molar-refractivity contribution in [3.05, 3.63) is 11.9 Å². The second kappa shape index (κ2) is 6.39. The molecule has 3 heterocycles. The number of hydrogen-bond acceptors (Lipinski definition) is 3. The van der Waals surface area contributed by atoms with Gasteiger partial charge in [0.05, 0.1) is 11.4 Å². The van der Waals surface area contributed by atoms with Gasteiger partial charge in [0.15, 0.2) is 0 Å². The van der Waals surface area contributed by atoms with Gasteiger partial charge in [-0.1, -0.05) is 13.8 Å². The molecule has 2 fully saturated rings. The fourth-order valence-electron chi connectivity index (χ4n) is 4.28. The van der Waals surface area contributed by atoms with Gasteiger partial charge in [0, 0.05) is 31.4 Å². The third-order valence-electron chi connectivity index (χ3n) is 5.15. The fourth-order valence-corrected chi connectivity index (χ4v) is 4.28. The van der Waals surface area contributed by atoms with Crippen LogP contribution >= 0.6 is 0 Å². The molecule has 1 aromatic heterocycles. The fraction of sp³-hybridized carbons (Fsp3) is 0.824. The minimum Gasteiger partial charge on any atom is -0.363 e. The maximum absolute atomic E-state index is 4.66. The van der Waals surface area contributed by atoms with E-state index in [9.17, 15) is 0 Å². The molecule has 2 aliphatic rings. The van der Waals surface area contributed by atoms with E-state index in [4.69, 9.17) is 0 Å². The summed E-state index contributed by atoms with van der Waals surface area (Å²) in [6.45, 7) is 5.64. The lowest BCUT2D eigenvalue weighted by molar-refractivity contribution is 0.245. The van der Waals surface area contributed by atoms with Crippen LogP contribution in [0.2, 0.25) is 0 Å². The second-order valence-corrected chi connectivity index (χ2v) is 6.76. The van der Waals surface area contributed by atoms with E-state index in [1.165, 1.54) is 49.9 Å². The summed E-state index contributed by atoms with van der Waals surface area (Å²) >= 11 is 0. The zero-order valence-electron chi connectivity index (χ0n) is 13.8. The molecule has 1 N–H and O–H groups in total. The molecule has 2 unspecified atom stereocenters. The predicted molar refractivity (Wildman–Crippen MR) is 87.8 cm³/mol. The van der Waals surface area contributed by atoms with E-state index in [0.717, 1.165) is 19.0 Å². The summed E-state index contributed by atoms with van der Waals surface area (Å²) in [5, 5.41) is 8.42. The predicted octanol–water partition coefficient (Wildman–Crippen LogP) is 2.87. The molecule has 2 aliphatic heterocycles. The Kier molecular flexibility index (Phi) is 4.53. The zero-order valence-corrected chi connectivity index (χ0v) is 13.8. The molecular weight excluding hydrogens is 260 g/mol. The Hall–Kier alpha value is -1.03. The number of nitrogens with zero attached hydrogens (tertiary/aromatic N) is 3. The van der Waals surface area contributed by atoms with E-state index in [1.54, 1.807) is 0 Å². The van der Waals surface area contributed by atoms with Crippen LogP contribution in [0.25, 0.3) is 0 Å². The summed E-state index contributed by atoms with van der Waals surface area (Å²) < 4.78 is 1.99. The highest BCUT2D eigenvalue weighted by Gasteiger charge is 2.39. The topological polar surface area (TPSA) is 33.1 Å². The number of aryl methyl sites for hydroxylation is 2. The van der Waals surface area contributed by atoms with Crippen molar-refractivity contribution in [1.82, 2.24) is 15.1 Å². The molecule has 4 nitrogen and oxygen atoms in total. The van der Waals surface area contributed by atoms with Gasteiger partial charge in [-0.25, -0.2) is 0 Å². The summed E-state index contributed by atoms with van der Waals surface area (Å²) in [5.74, 6) is 0. The van der Waals surface area contributed by atoms with Crippen molar-refractivity contribution in [2.75, 3.05) is 11.4 Å². The Morgan fingerprint density at radius 2 is 1.95 bits per heavy atom. The van der Waals surface area contributed by atoms with E-state index < -0.39 is 0 Å². The molecular formula is C17H30N4. The van der Waals surface area contributed by atoms with Crippen LogP contribution in [0.15, 0.2) is 6.20 Å². The maximum atomic E-state index is 4.66. The van der Waals surface area contributed by atoms with E-state index in [2.05, 4.69) is 35.4 Å². The molecule has 118 valence electrons. The van der Waals surface area contributed by atoms with Crippen LogP contribution in [0.3, 0.4) is 0 Å². The van der Waals surface area contributed by atoms with Crippen LogP contribution in [0.5, 0.6) is 0 Å². The average Bonchev–Trinajstić information content (AvgIpc) is 2.84. The second-order valence-electron chi connectivity index (χ2n) is 6.76. The highest BCUT2D eigenvalue weighted by molar-refractivity contribution is 5.52. The van der Waals surface area contributed by atoms with Crippen molar-refractivity contribution in [3.8, 4) is 0 Å². The van der Waals surface area contributed by atoms with Crippen molar-refractivity contribution in [2.45, 2.75) is 76.9 Å². The molecule has 0 aromatic carbocycles. The number of hydrogen-bond donors (Lipinski definition) is 1. The van der Waals surface area contributed by atoms with Crippen molar-refractivity contribution >= 4 is 5.69 Å². The maximum Gasteiger partial charge on any atom is 0.0855 e. The molecule has 21 heavy (non-hydrogen) atoms. The molecule has 2 saturated heterocycles. The molecule has 4 heteroatoms. The van der Waals surface area contributed by atoms with E-state index in [1.807, 2.05) is 11.7 Å². The number of nitrogens with one attached hydrogen (secondary N) is 1. The SMILES string of the molecule is CCCNC1CC2CCCC(C1)N2c1cn(C)nc1CC. The van der Waals surface area contributed by atoms with E-state index >= 15 is 0 Å². The average molecular weight is 290 g/mol. The Bertz CT molecular complexity index is 453. The van der Waals surface area contributed by atoms with Gasteiger partial charge in [0.1, 0.15) is 0 Å². The normalized spacial score (nSPS) is 28.9. The molecule has 0 radical (unpaired) electrons. The first kappa shape index (κ1) is 14.9. The van der Waals surface area contributed by atoms with Crippen LogP contribution in [0.4, 0.5) is 5.69 Å². The minimum absolute atomic E-state index is 0.710. The van der Waals surface area contributed by atoms with Crippen LogP contribution in [-0.2, 0) is 13.5 Å². The van der Waals surface area contributed by atoms with Gasteiger partial charge < -0.3 is 10.2 Å². The third kappa shape index (κ3) is 2.96. The minimum atomic E-state index is 0.710. The third-order valence-corrected chi connectivity index (χ3v) is 5.15. The van der Waals surface area contributed by atoms with Gasteiger partial charge in [0.25, 0.3) is 0 Å². The Morgan fingerprint density at radius 1 is 1.24 bits per heavy atom.